The van der Waals surface area contributed by atoms with E-state index in [4.69, 9.17) is 12.6 Å². The van der Waals surface area contributed by atoms with Gasteiger partial charge in [0.2, 0.25) is 0 Å². The van der Waals surface area contributed by atoms with Gasteiger partial charge in [-0.25, -0.2) is 0 Å². The van der Waals surface area contributed by atoms with Crippen LogP contribution in [0.25, 0.3) is 0 Å². The van der Waals surface area contributed by atoms with Crippen LogP contribution in [-0.4, -0.2) is 0 Å². The van der Waals surface area contributed by atoms with Crippen LogP contribution in [0.2, 0.25) is 0 Å². The average Bonchev–Trinajstić information content (AvgIpc) is 2.16. The van der Waals surface area contributed by atoms with Gasteiger partial charge in [-0.05, 0) is 34.4 Å². The van der Waals surface area contributed by atoms with Crippen molar-refractivity contribution in [1.82, 2.24) is 0 Å². The molecule has 0 aliphatic heterocycles. The Balaban J connectivity index is -0.000000853. The molecule has 1 aromatic rings. The predicted molar refractivity (Wildman–Crippen MR) is 82.1 cm³/mol. The number of benzene rings is 1. The molecule has 1 aromatic carbocycles. The minimum Gasteiger partial charge on any atom is -0.269 e. The molecule has 0 N–H and O–H groups in total. The second-order valence-electron chi connectivity index (χ2n) is 5.49. The zero-order valence-electron chi connectivity index (χ0n) is 12.5. The van der Waals surface area contributed by atoms with E-state index in [1.165, 1.54) is 16.7 Å². The topological polar surface area (TPSA) is 0 Å². The van der Waals surface area contributed by atoms with Crippen molar-refractivity contribution < 1.29 is 14.1 Å². The number of hydrogen-bond acceptors (Lipinski definition) is 0. The van der Waals surface area contributed by atoms with E-state index in [1.54, 1.807) is 0 Å². The monoisotopic (exact) mass is 295 g/mol. The van der Waals surface area contributed by atoms with Gasteiger partial charge in [0.05, 0.1) is 0 Å². The normalized spacial score (nSPS) is 9.95. The van der Waals surface area contributed by atoms with Crippen molar-refractivity contribution >= 4 is 12.6 Å². The molecule has 19 heavy (non-hydrogen) atoms. The molecule has 0 heterocycles. The fourth-order valence-electron chi connectivity index (χ4n) is 1.89. The highest BCUT2D eigenvalue weighted by Crippen LogP contribution is 2.33. The first-order valence-electron chi connectivity index (χ1n) is 6.19. The van der Waals surface area contributed by atoms with E-state index >= 15 is 0 Å². The van der Waals surface area contributed by atoms with Crippen molar-refractivity contribution in [1.29, 1.82) is 0 Å². The van der Waals surface area contributed by atoms with E-state index in [0.29, 0.717) is 17.8 Å². The molecule has 0 saturated carbocycles. The molecule has 0 aliphatic rings. The first kappa shape index (κ1) is 23.3. The van der Waals surface area contributed by atoms with E-state index in [2.05, 4.69) is 53.7 Å². The van der Waals surface area contributed by atoms with Crippen molar-refractivity contribution in [3.8, 4) is 0 Å². The third kappa shape index (κ3) is 5.39. The molecule has 0 bridgehead atoms. The van der Waals surface area contributed by atoms with Gasteiger partial charge in [0.15, 0.2) is 0 Å². The van der Waals surface area contributed by atoms with Gasteiger partial charge in [-0.1, -0.05) is 66.3 Å². The first-order valence-corrected chi connectivity index (χ1v) is 6.60. The maximum Gasteiger partial charge on any atom is 0.0446 e. The van der Waals surface area contributed by atoms with Crippen LogP contribution in [0.4, 0.5) is 14.1 Å². The second kappa shape index (κ2) is 9.18. The molecule has 1 radical (unpaired) electrons. The van der Waals surface area contributed by atoms with Crippen LogP contribution in [0.3, 0.4) is 0 Å². The van der Waals surface area contributed by atoms with Gasteiger partial charge < -0.3 is 0 Å². The Kier molecular flexibility index (Phi) is 11.3. The highest BCUT2D eigenvalue weighted by molar-refractivity contribution is 7.80. The summed E-state index contributed by atoms with van der Waals surface area (Å²) in [5.41, 5.74) is 4.09. The maximum atomic E-state index is 5.59. The van der Waals surface area contributed by atoms with Gasteiger partial charge in [-0.2, -0.15) is 0 Å². The summed E-state index contributed by atoms with van der Waals surface area (Å²) in [6.45, 7) is 13.4. The minimum atomic E-state index is 0. The SMILES string of the molecule is CC(C)c1cc(C(C)C)c([S])c(C(C)C)c1.F.F.F. The Labute approximate surface area is 120 Å². The lowest BCUT2D eigenvalue weighted by Crippen LogP contribution is -2.01. The summed E-state index contributed by atoms with van der Waals surface area (Å²) in [5, 5.41) is 0. The van der Waals surface area contributed by atoms with Crippen molar-refractivity contribution in [2.45, 2.75) is 64.2 Å². The van der Waals surface area contributed by atoms with Gasteiger partial charge in [-0.15, -0.1) is 0 Å². The molecule has 0 atom stereocenters. The quantitative estimate of drug-likeness (QED) is 0.634. The number of rotatable bonds is 3. The van der Waals surface area contributed by atoms with Crippen LogP contribution in [0.15, 0.2) is 17.0 Å². The fraction of sp³-hybridized carbons (Fsp3) is 0.600. The summed E-state index contributed by atoms with van der Waals surface area (Å²) in [7, 11) is 0. The number of halogens is 3. The molecule has 0 saturated heterocycles. The molecule has 0 unspecified atom stereocenters. The van der Waals surface area contributed by atoms with E-state index in [9.17, 15) is 0 Å². The Morgan fingerprint density at radius 2 is 1.00 bits per heavy atom. The average molecular weight is 295 g/mol. The van der Waals surface area contributed by atoms with Crippen LogP contribution in [0.5, 0.6) is 0 Å². The van der Waals surface area contributed by atoms with Crippen molar-refractivity contribution in [3.05, 3.63) is 28.8 Å². The predicted octanol–water partition coefficient (Wildman–Crippen LogP) is 6.07. The molecular weight excluding hydrogens is 269 g/mol. The fourth-order valence-corrected chi connectivity index (χ4v) is 2.48. The minimum absolute atomic E-state index is 0. The highest BCUT2D eigenvalue weighted by Gasteiger charge is 2.15. The van der Waals surface area contributed by atoms with Crippen molar-refractivity contribution in [2.75, 3.05) is 0 Å². The van der Waals surface area contributed by atoms with Gasteiger partial charge in [0.25, 0.3) is 0 Å². The van der Waals surface area contributed by atoms with Gasteiger partial charge in [-0.3, -0.25) is 14.1 Å². The lowest BCUT2D eigenvalue weighted by atomic mass is 9.89. The molecule has 0 fully saturated rings. The second-order valence-corrected chi connectivity index (χ2v) is 5.90. The summed E-state index contributed by atoms with van der Waals surface area (Å²) < 4.78 is 0. The van der Waals surface area contributed by atoms with E-state index < -0.39 is 0 Å². The molecular formula is C15H26F3S. The summed E-state index contributed by atoms with van der Waals surface area (Å²) in [5.74, 6) is 1.61. The molecule has 4 heteroatoms. The smallest absolute Gasteiger partial charge is 0.0446 e. The standard InChI is InChI=1S/C15H23S.3FH/c1-9(2)12-7-13(10(3)4)15(16)14(8-12)11(5)6;;;/h7-11H,1-6H3;3*1H. The molecule has 0 aromatic heterocycles. The Morgan fingerprint density at radius 3 is 1.21 bits per heavy atom. The molecule has 1 rings (SSSR count). The molecule has 0 amide bonds. The van der Waals surface area contributed by atoms with Crippen LogP contribution < -0.4 is 0 Å². The zero-order valence-corrected chi connectivity index (χ0v) is 13.3. The van der Waals surface area contributed by atoms with Crippen LogP contribution >= 0.6 is 12.6 Å². The first-order chi connectivity index (χ1) is 7.34. The van der Waals surface area contributed by atoms with E-state index in [1.807, 2.05) is 0 Å². The van der Waals surface area contributed by atoms with Crippen molar-refractivity contribution in [2.24, 2.45) is 0 Å². The summed E-state index contributed by atoms with van der Waals surface area (Å²) >= 11 is 5.59. The third-order valence-corrected chi connectivity index (χ3v) is 3.55. The largest absolute Gasteiger partial charge is 0.269 e. The lowest BCUT2D eigenvalue weighted by molar-refractivity contribution is 0.773. The molecule has 0 spiro atoms. The molecule has 0 nitrogen and oxygen atoms in total. The molecule has 0 aliphatic carbocycles. The van der Waals surface area contributed by atoms with Crippen molar-refractivity contribution in [3.63, 3.8) is 0 Å². The van der Waals surface area contributed by atoms with Crippen LogP contribution in [0.1, 0.15) is 76.0 Å². The Hall–Kier alpha value is -0.770. The van der Waals surface area contributed by atoms with E-state index in [0.717, 1.165) is 4.90 Å². The zero-order chi connectivity index (χ0) is 12.5. The lowest BCUT2D eigenvalue weighted by Gasteiger charge is -2.19. The molecule has 113 valence electrons. The van der Waals surface area contributed by atoms with Crippen LogP contribution in [0, 0.1) is 0 Å². The Bertz CT molecular complexity index is 345. The van der Waals surface area contributed by atoms with Gasteiger partial charge >= 0.3 is 0 Å². The van der Waals surface area contributed by atoms with Gasteiger partial charge in [0, 0.05) is 4.90 Å². The summed E-state index contributed by atoms with van der Waals surface area (Å²) in [6, 6.07) is 4.59. The number of hydrogen-bond donors (Lipinski definition) is 0. The maximum absolute atomic E-state index is 5.59. The Morgan fingerprint density at radius 1 is 0.684 bits per heavy atom. The van der Waals surface area contributed by atoms with Gasteiger partial charge in [0.1, 0.15) is 0 Å². The highest BCUT2D eigenvalue weighted by atomic mass is 32.1. The summed E-state index contributed by atoms with van der Waals surface area (Å²) in [4.78, 5) is 1.08. The van der Waals surface area contributed by atoms with Crippen LogP contribution in [-0.2, 0) is 0 Å². The third-order valence-electron chi connectivity index (χ3n) is 3.08. The summed E-state index contributed by atoms with van der Waals surface area (Å²) in [6.07, 6.45) is 0. The van der Waals surface area contributed by atoms with E-state index in [-0.39, 0.29) is 14.1 Å².